The maximum Gasteiger partial charge on any atom is 0.139 e. The minimum Gasteiger partial charge on any atom is -0.464 e. The zero-order valence-corrected chi connectivity index (χ0v) is 8.84. The van der Waals surface area contributed by atoms with E-state index in [0.717, 1.165) is 16.8 Å². The van der Waals surface area contributed by atoms with Gasteiger partial charge >= 0.3 is 0 Å². The van der Waals surface area contributed by atoms with Crippen LogP contribution in [0.2, 0.25) is 0 Å². The van der Waals surface area contributed by atoms with Crippen LogP contribution in [0.1, 0.15) is 6.92 Å². The van der Waals surface area contributed by atoms with Crippen LogP contribution in [-0.4, -0.2) is 29.8 Å². The number of fused-ring (bicyclic) bond motifs is 1. The summed E-state index contributed by atoms with van der Waals surface area (Å²) in [5.74, 6) is 0.835. The summed E-state index contributed by atoms with van der Waals surface area (Å²) in [4.78, 5) is 6.21. The third-order valence-electron chi connectivity index (χ3n) is 2.26. The molecule has 0 saturated carbocycles. The van der Waals surface area contributed by atoms with Crippen molar-refractivity contribution in [1.29, 1.82) is 0 Å². The number of nitrogens with zero attached hydrogens (tertiary/aromatic N) is 2. The van der Waals surface area contributed by atoms with Crippen LogP contribution in [0, 0.1) is 0 Å². The molecule has 0 fully saturated rings. The normalized spacial score (nSPS) is 13.0. The van der Waals surface area contributed by atoms with E-state index in [4.69, 9.17) is 4.42 Å². The molecular weight excluding hydrogens is 192 g/mol. The molecule has 0 aromatic carbocycles. The summed E-state index contributed by atoms with van der Waals surface area (Å²) >= 11 is 0. The van der Waals surface area contributed by atoms with Crippen molar-refractivity contribution in [2.45, 2.75) is 13.0 Å². The molecule has 4 heteroatoms. The standard InChI is InChI=1S/C11H14N2O2/c1-8(14)7-13(2)11-9-4-6-15-10(9)3-5-12-11/h3-6,8,14H,7H2,1-2H3/t8-/m0/s1. The molecule has 4 nitrogen and oxygen atoms in total. The van der Waals surface area contributed by atoms with Gasteiger partial charge in [-0.25, -0.2) is 4.98 Å². The Labute approximate surface area is 88.1 Å². The van der Waals surface area contributed by atoms with Crippen LogP contribution in [0.15, 0.2) is 29.0 Å². The maximum atomic E-state index is 9.31. The molecule has 0 aliphatic heterocycles. The molecule has 2 rings (SSSR count). The maximum absolute atomic E-state index is 9.31. The highest BCUT2D eigenvalue weighted by Gasteiger charge is 2.10. The Balaban J connectivity index is 2.38. The molecule has 1 atom stereocenters. The highest BCUT2D eigenvalue weighted by atomic mass is 16.3. The number of pyridine rings is 1. The second-order valence-electron chi connectivity index (χ2n) is 3.70. The van der Waals surface area contributed by atoms with Crippen LogP contribution in [0.5, 0.6) is 0 Å². The van der Waals surface area contributed by atoms with Gasteiger partial charge in [-0.2, -0.15) is 0 Å². The van der Waals surface area contributed by atoms with Crippen LogP contribution in [0.4, 0.5) is 5.82 Å². The van der Waals surface area contributed by atoms with Gasteiger partial charge in [0, 0.05) is 19.8 Å². The molecule has 0 radical (unpaired) electrons. The summed E-state index contributed by atoms with van der Waals surface area (Å²) in [5.41, 5.74) is 0.817. The zero-order chi connectivity index (χ0) is 10.8. The fraction of sp³-hybridized carbons (Fsp3) is 0.364. The molecule has 0 amide bonds. The van der Waals surface area contributed by atoms with Crippen molar-refractivity contribution in [3.63, 3.8) is 0 Å². The number of aliphatic hydroxyl groups excluding tert-OH is 1. The average molecular weight is 206 g/mol. The molecule has 80 valence electrons. The van der Waals surface area contributed by atoms with Gasteiger partial charge in [0.25, 0.3) is 0 Å². The number of hydrogen-bond donors (Lipinski definition) is 1. The smallest absolute Gasteiger partial charge is 0.139 e. The Hall–Kier alpha value is -1.55. The van der Waals surface area contributed by atoms with E-state index < -0.39 is 0 Å². The summed E-state index contributed by atoms with van der Waals surface area (Å²) < 4.78 is 5.28. The van der Waals surface area contributed by atoms with Crippen molar-refractivity contribution >= 4 is 16.8 Å². The lowest BCUT2D eigenvalue weighted by Gasteiger charge is -2.19. The van der Waals surface area contributed by atoms with Crippen LogP contribution in [0.3, 0.4) is 0 Å². The van der Waals surface area contributed by atoms with E-state index >= 15 is 0 Å². The van der Waals surface area contributed by atoms with E-state index in [1.54, 1.807) is 19.4 Å². The Kier molecular flexibility index (Phi) is 2.60. The van der Waals surface area contributed by atoms with Gasteiger partial charge in [-0.05, 0) is 19.1 Å². The topological polar surface area (TPSA) is 49.5 Å². The summed E-state index contributed by atoms with van der Waals surface area (Å²) in [6.45, 7) is 2.31. The molecule has 0 spiro atoms. The molecule has 0 aliphatic carbocycles. The van der Waals surface area contributed by atoms with Crippen molar-refractivity contribution in [3.05, 3.63) is 24.6 Å². The second-order valence-corrected chi connectivity index (χ2v) is 3.70. The molecule has 0 bridgehead atoms. The number of aromatic nitrogens is 1. The quantitative estimate of drug-likeness (QED) is 0.829. The Morgan fingerprint density at radius 1 is 1.53 bits per heavy atom. The predicted molar refractivity (Wildman–Crippen MR) is 59.0 cm³/mol. The first-order valence-electron chi connectivity index (χ1n) is 4.90. The van der Waals surface area contributed by atoms with Gasteiger partial charge in [-0.15, -0.1) is 0 Å². The molecule has 0 unspecified atom stereocenters. The lowest BCUT2D eigenvalue weighted by Crippen LogP contribution is -2.27. The third-order valence-corrected chi connectivity index (χ3v) is 2.26. The van der Waals surface area contributed by atoms with Gasteiger partial charge in [-0.3, -0.25) is 0 Å². The molecule has 2 aromatic heterocycles. The lowest BCUT2D eigenvalue weighted by atomic mass is 10.3. The van der Waals surface area contributed by atoms with Crippen molar-refractivity contribution in [2.75, 3.05) is 18.5 Å². The van der Waals surface area contributed by atoms with E-state index in [9.17, 15) is 5.11 Å². The Bertz CT molecular complexity index is 451. The van der Waals surface area contributed by atoms with Crippen molar-refractivity contribution in [1.82, 2.24) is 4.98 Å². The van der Waals surface area contributed by atoms with Gasteiger partial charge in [0.1, 0.15) is 11.4 Å². The summed E-state index contributed by atoms with van der Waals surface area (Å²) in [7, 11) is 1.90. The van der Waals surface area contributed by atoms with E-state index in [2.05, 4.69) is 4.98 Å². The first-order chi connectivity index (χ1) is 7.18. The summed E-state index contributed by atoms with van der Waals surface area (Å²) in [5, 5.41) is 10.3. The van der Waals surface area contributed by atoms with Crippen molar-refractivity contribution in [3.8, 4) is 0 Å². The molecule has 0 saturated heterocycles. The predicted octanol–water partition coefficient (Wildman–Crippen LogP) is 1.64. The fourth-order valence-electron chi connectivity index (χ4n) is 1.67. The van der Waals surface area contributed by atoms with Gasteiger partial charge < -0.3 is 14.4 Å². The first kappa shape index (κ1) is 9.98. The van der Waals surface area contributed by atoms with Crippen LogP contribution in [0.25, 0.3) is 11.0 Å². The molecule has 2 heterocycles. The molecular formula is C11H14N2O2. The first-order valence-corrected chi connectivity index (χ1v) is 4.90. The number of furan rings is 1. The minimum absolute atomic E-state index is 0.376. The van der Waals surface area contributed by atoms with Crippen LogP contribution in [-0.2, 0) is 0 Å². The van der Waals surface area contributed by atoms with Gasteiger partial charge in [0.2, 0.25) is 0 Å². The molecule has 0 aliphatic rings. The van der Waals surface area contributed by atoms with Crippen LogP contribution >= 0.6 is 0 Å². The van der Waals surface area contributed by atoms with Crippen molar-refractivity contribution in [2.24, 2.45) is 0 Å². The fourth-order valence-corrected chi connectivity index (χ4v) is 1.67. The Morgan fingerprint density at radius 2 is 2.33 bits per heavy atom. The summed E-state index contributed by atoms with van der Waals surface area (Å²) in [6.07, 6.45) is 2.98. The third kappa shape index (κ3) is 1.94. The number of anilines is 1. The van der Waals surface area contributed by atoms with E-state index in [1.165, 1.54) is 0 Å². The van der Waals surface area contributed by atoms with Crippen LogP contribution < -0.4 is 4.90 Å². The number of likely N-dealkylation sites (N-methyl/N-ethyl adjacent to an activating group) is 1. The zero-order valence-electron chi connectivity index (χ0n) is 8.84. The molecule has 2 aromatic rings. The Morgan fingerprint density at radius 3 is 3.07 bits per heavy atom. The largest absolute Gasteiger partial charge is 0.464 e. The molecule has 15 heavy (non-hydrogen) atoms. The SMILES string of the molecule is C[C@H](O)CN(C)c1nccc2occc12. The lowest BCUT2D eigenvalue weighted by molar-refractivity contribution is 0.201. The highest BCUT2D eigenvalue weighted by molar-refractivity contribution is 5.88. The average Bonchev–Trinajstić information content (AvgIpc) is 2.63. The van der Waals surface area contributed by atoms with Gasteiger partial charge in [0.05, 0.1) is 17.8 Å². The van der Waals surface area contributed by atoms with Gasteiger partial charge in [0.15, 0.2) is 0 Å². The number of aliphatic hydroxyl groups is 1. The highest BCUT2D eigenvalue weighted by Crippen LogP contribution is 2.24. The number of hydrogen-bond acceptors (Lipinski definition) is 4. The minimum atomic E-state index is -0.376. The van der Waals surface area contributed by atoms with E-state index in [-0.39, 0.29) is 6.10 Å². The van der Waals surface area contributed by atoms with E-state index in [0.29, 0.717) is 6.54 Å². The molecule has 1 N–H and O–H groups in total. The van der Waals surface area contributed by atoms with E-state index in [1.807, 2.05) is 24.1 Å². The summed E-state index contributed by atoms with van der Waals surface area (Å²) in [6, 6.07) is 3.71. The second kappa shape index (κ2) is 3.90. The van der Waals surface area contributed by atoms with Crippen molar-refractivity contribution < 1.29 is 9.52 Å². The number of rotatable bonds is 3. The van der Waals surface area contributed by atoms with Gasteiger partial charge in [-0.1, -0.05) is 0 Å². The monoisotopic (exact) mass is 206 g/mol.